The second kappa shape index (κ2) is 3.65. The van der Waals surface area contributed by atoms with Gasteiger partial charge in [-0.05, 0) is 13.8 Å². The van der Waals surface area contributed by atoms with Gasteiger partial charge in [-0.1, -0.05) is 0 Å². The van der Waals surface area contributed by atoms with E-state index in [-0.39, 0.29) is 6.61 Å². The summed E-state index contributed by atoms with van der Waals surface area (Å²) in [4.78, 5) is 0. The van der Waals surface area contributed by atoms with Crippen molar-refractivity contribution in [3.63, 3.8) is 0 Å². The van der Waals surface area contributed by atoms with E-state index >= 15 is 0 Å². The van der Waals surface area contributed by atoms with Crippen molar-refractivity contribution in [3.05, 3.63) is 0 Å². The van der Waals surface area contributed by atoms with Gasteiger partial charge in [-0.2, -0.15) is 0 Å². The van der Waals surface area contributed by atoms with E-state index in [1.165, 1.54) is 0 Å². The third kappa shape index (κ3) is 1.89. The van der Waals surface area contributed by atoms with Crippen molar-refractivity contribution in [1.29, 1.82) is 0 Å². The van der Waals surface area contributed by atoms with Crippen LogP contribution in [-0.4, -0.2) is 53.3 Å². The number of aliphatic hydroxyl groups is 2. The van der Waals surface area contributed by atoms with Gasteiger partial charge < -0.3 is 30.2 Å². The minimum absolute atomic E-state index is 0.245. The first-order valence-electron chi connectivity index (χ1n) is 5.00. The summed E-state index contributed by atoms with van der Waals surface area (Å²) in [6, 6.07) is -0.624. The normalized spacial score (nSPS) is 45.4. The number of ether oxygens (including phenoxy) is 3. The zero-order chi connectivity index (χ0) is 11.2. The molecule has 6 nitrogen and oxygen atoms in total. The molecule has 0 bridgehead atoms. The van der Waals surface area contributed by atoms with E-state index in [1.807, 2.05) is 0 Å². The molecular weight excluding hydrogens is 202 g/mol. The van der Waals surface area contributed by atoms with E-state index in [4.69, 9.17) is 25.1 Å². The zero-order valence-electron chi connectivity index (χ0n) is 8.79. The van der Waals surface area contributed by atoms with Crippen molar-refractivity contribution in [2.75, 3.05) is 6.61 Å². The SMILES string of the molecule is CC1(C)O[C@@H]2O[C@@H]([C@H](N)CO)[C@@H](O)[C@@H]2O1. The molecule has 0 spiro atoms. The van der Waals surface area contributed by atoms with E-state index < -0.39 is 36.4 Å². The zero-order valence-corrected chi connectivity index (χ0v) is 8.79. The lowest BCUT2D eigenvalue weighted by Gasteiger charge is -2.25. The molecule has 0 aromatic carbocycles. The Bertz CT molecular complexity index is 247. The average molecular weight is 219 g/mol. The number of aliphatic hydroxyl groups excluding tert-OH is 2. The van der Waals surface area contributed by atoms with Crippen LogP contribution in [0.5, 0.6) is 0 Å². The van der Waals surface area contributed by atoms with Crippen LogP contribution in [0.2, 0.25) is 0 Å². The first-order valence-corrected chi connectivity index (χ1v) is 5.00. The highest BCUT2D eigenvalue weighted by Gasteiger charge is 2.55. The summed E-state index contributed by atoms with van der Waals surface area (Å²) >= 11 is 0. The Hall–Kier alpha value is -0.240. The first kappa shape index (κ1) is 11.3. The maximum Gasteiger partial charge on any atom is 0.190 e. The lowest BCUT2D eigenvalue weighted by molar-refractivity contribution is -0.217. The summed E-state index contributed by atoms with van der Waals surface area (Å²) in [5.41, 5.74) is 5.59. The van der Waals surface area contributed by atoms with Crippen molar-refractivity contribution in [3.8, 4) is 0 Å². The second-order valence-electron chi connectivity index (χ2n) is 4.41. The lowest BCUT2D eigenvalue weighted by atomic mass is 10.1. The van der Waals surface area contributed by atoms with Crippen molar-refractivity contribution in [1.82, 2.24) is 0 Å². The van der Waals surface area contributed by atoms with Crippen molar-refractivity contribution >= 4 is 0 Å². The molecule has 2 aliphatic heterocycles. The number of nitrogens with two attached hydrogens (primary N) is 1. The highest BCUT2D eigenvalue weighted by Crippen LogP contribution is 2.37. The maximum absolute atomic E-state index is 9.87. The summed E-state index contributed by atoms with van der Waals surface area (Å²) in [7, 11) is 0. The second-order valence-corrected chi connectivity index (χ2v) is 4.41. The van der Waals surface area contributed by atoms with Gasteiger partial charge in [0, 0.05) is 0 Å². The number of hydrogen-bond acceptors (Lipinski definition) is 6. The molecule has 2 heterocycles. The number of rotatable bonds is 2. The fourth-order valence-corrected chi connectivity index (χ4v) is 1.97. The van der Waals surface area contributed by atoms with E-state index in [0.29, 0.717) is 0 Å². The third-order valence-corrected chi connectivity index (χ3v) is 2.69. The summed E-state index contributed by atoms with van der Waals surface area (Å²) in [6.45, 7) is 3.26. The van der Waals surface area contributed by atoms with Crippen LogP contribution in [0.15, 0.2) is 0 Å². The van der Waals surface area contributed by atoms with Gasteiger partial charge in [-0.3, -0.25) is 0 Å². The molecule has 2 fully saturated rings. The van der Waals surface area contributed by atoms with E-state index in [9.17, 15) is 5.11 Å². The summed E-state index contributed by atoms with van der Waals surface area (Å²) in [5.74, 6) is -0.745. The van der Waals surface area contributed by atoms with Crippen LogP contribution in [0.3, 0.4) is 0 Å². The monoisotopic (exact) mass is 219 g/mol. The Kier molecular flexibility index (Phi) is 2.74. The average Bonchev–Trinajstić information content (AvgIpc) is 2.60. The van der Waals surface area contributed by atoms with Gasteiger partial charge in [0.15, 0.2) is 12.1 Å². The van der Waals surface area contributed by atoms with Crippen LogP contribution >= 0.6 is 0 Å². The van der Waals surface area contributed by atoms with Crippen LogP contribution in [0.4, 0.5) is 0 Å². The predicted octanol–water partition coefficient (Wildman–Crippen LogP) is -1.46. The topological polar surface area (TPSA) is 94.2 Å². The van der Waals surface area contributed by atoms with Gasteiger partial charge in [-0.15, -0.1) is 0 Å². The molecule has 6 heteroatoms. The molecule has 0 unspecified atom stereocenters. The predicted molar refractivity (Wildman–Crippen MR) is 49.8 cm³/mol. The third-order valence-electron chi connectivity index (χ3n) is 2.69. The molecule has 0 radical (unpaired) electrons. The molecule has 4 N–H and O–H groups in total. The quantitative estimate of drug-likeness (QED) is 0.525. The van der Waals surface area contributed by atoms with Gasteiger partial charge in [0.1, 0.15) is 18.3 Å². The molecule has 0 aromatic rings. The molecule has 0 aliphatic carbocycles. The van der Waals surface area contributed by atoms with Crippen LogP contribution in [0.25, 0.3) is 0 Å². The van der Waals surface area contributed by atoms with Crippen LogP contribution < -0.4 is 5.73 Å². The Morgan fingerprint density at radius 1 is 1.40 bits per heavy atom. The smallest absolute Gasteiger partial charge is 0.190 e. The van der Waals surface area contributed by atoms with E-state index in [2.05, 4.69) is 0 Å². The Morgan fingerprint density at radius 2 is 2.07 bits per heavy atom. The van der Waals surface area contributed by atoms with Crippen LogP contribution in [0, 0.1) is 0 Å². The summed E-state index contributed by atoms with van der Waals surface area (Å²) < 4.78 is 16.3. The molecule has 5 atom stereocenters. The Balaban J connectivity index is 2.05. The Labute approximate surface area is 87.9 Å². The van der Waals surface area contributed by atoms with Crippen molar-refractivity contribution in [2.24, 2.45) is 5.73 Å². The minimum Gasteiger partial charge on any atom is -0.395 e. The molecule has 15 heavy (non-hydrogen) atoms. The Morgan fingerprint density at radius 3 is 2.60 bits per heavy atom. The molecule has 2 saturated heterocycles. The molecule has 2 aliphatic rings. The fourth-order valence-electron chi connectivity index (χ4n) is 1.97. The maximum atomic E-state index is 9.87. The molecule has 2 rings (SSSR count). The molecule has 88 valence electrons. The molecule has 0 saturated carbocycles. The van der Waals surface area contributed by atoms with Gasteiger partial charge in [0.2, 0.25) is 0 Å². The standard InChI is InChI=1S/C9H17NO5/c1-9(2)14-7-5(12)6(4(10)3-11)13-8(7)15-9/h4-8,11-12H,3,10H2,1-2H3/t4-,5-,6+,7+,8+/m1/s1. The van der Waals surface area contributed by atoms with Crippen molar-refractivity contribution < 1.29 is 24.4 Å². The van der Waals surface area contributed by atoms with Crippen molar-refractivity contribution in [2.45, 2.75) is 50.3 Å². The molecule has 0 aromatic heterocycles. The highest BCUT2D eigenvalue weighted by molar-refractivity contribution is 4.96. The molecular formula is C9H17NO5. The molecule has 0 amide bonds. The summed E-state index contributed by atoms with van der Waals surface area (Å²) in [6.07, 6.45) is -2.62. The van der Waals surface area contributed by atoms with Gasteiger partial charge >= 0.3 is 0 Å². The van der Waals surface area contributed by atoms with Crippen LogP contribution in [0.1, 0.15) is 13.8 Å². The van der Waals surface area contributed by atoms with Gasteiger partial charge in [0.05, 0.1) is 12.6 Å². The van der Waals surface area contributed by atoms with Gasteiger partial charge in [0.25, 0.3) is 0 Å². The lowest BCUT2D eigenvalue weighted by Crippen LogP contribution is -2.46. The number of hydrogen-bond donors (Lipinski definition) is 3. The minimum atomic E-state index is -0.862. The van der Waals surface area contributed by atoms with Crippen LogP contribution in [-0.2, 0) is 14.2 Å². The van der Waals surface area contributed by atoms with Gasteiger partial charge in [-0.25, -0.2) is 0 Å². The fraction of sp³-hybridized carbons (Fsp3) is 1.00. The number of fused-ring (bicyclic) bond motifs is 1. The summed E-state index contributed by atoms with van der Waals surface area (Å²) in [5, 5.41) is 18.8. The highest BCUT2D eigenvalue weighted by atomic mass is 16.8. The first-order chi connectivity index (χ1) is 6.94. The largest absolute Gasteiger partial charge is 0.395 e. The van der Waals surface area contributed by atoms with E-state index in [1.54, 1.807) is 13.8 Å². The van der Waals surface area contributed by atoms with E-state index in [0.717, 1.165) is 0 Å².